The van der Waals surface area contributed by atoms with E-state index < -0.39 is 24.7 Å². The SMILES string of the molecule is O=C[C@@H]1CC(F)(F)CCC1=O. The molecule has 0 unspecified atom stereocenters. The highest BCUT2D eigenvalue weighted by Gasteiger charge is 2.40. The fraction of sp³-hybridized carbons (Fsp3) is 0.714. The molecule has 62 valence electrons. The normalized spacial score (nSPS) is 30.0. The minimum absolute atomic E-state index is 0.170. The van der Waals surface area contributed by atoms with E-state index in [2.05, 4.69) is 0 Å². The minimum atomic E-state index is -2.82. The van der Waals surface area contributed by atoms with Gasteiger partial charge in [0.1, 0.15) is 12.1 Å². The van der Waals surface area contributed by atoms with Crippen LogP contribution in [-0.4, -0.2) is 18.0 Å². The second-order valence-electron chi connectivity index (χ2n) is 2.77. The van der Waals surface area contributed by atoms with Gasteiger partial charge in [0.15, 0.2) is 0 Å². The van der Waals surface area contributed by atoms with Crippen molar-refractivity contribution in [3.05, 3.63) is 0 Å². The highest BCUT2D eigenvalue weighted by atomic mass is 19.3. The van der Waals surface area contributed by atoms with Gasteiger partial charge in [-0.05, 0) is 0 Å². The van der Waals surface area contributed by atoms with Crippen molar-refractivity contribution < 1.29 is 18.4 Å². The van der Waals surface area contributed by atoms with Gasteiger partial charge in [0.2, 0.25) is 5.92 Å². The third-order valence-corrected chi connectivity index (χ3v) is 1.83. The summed E-state index contributed by atoms with van der Waals surface area (Å²) in [6.07, 6.45) is -0.864. The van der Waals surface area contributed by atoms with Gasteiger partial charge in [0.05, 0.1) is 5.92 Å². The lowest BCUT2D eigenvalue weighted by atomic mass is 9.86. The number of rotatable bonds is 1. The van der Waals surface area contributed by atoms with E-state index in [-0.39, 0.29) is 12.2 Å². The van der Waals surface area contributed by atoms with Crippen molar-refractivity contribution in [3.8, 4) is 0 Å². The molecule has 1 saturated carbocycles. The topological polar surface area (TPSA) is 34.1 Å². The Hall–Kier alpha value is -0.800. The molecule has 0 bridgehead atoms. The number of alkyl halides is 2. The smallest absolute Gasteiger partial charge is 0.249 e. The first-order chi connectivity index (χ1) is 5.05. The maximum atomic E-state index is 12.5. The van der Waals surface area contributed by atoms with Crippen LogP contribution in [0.4, 0.5) is 8.78 Å². The van der Waals surface area contributed by atoms with Gasteiger partial charge in [0.25, 0.3) is 0 Å². The summed E-state index contributed by atoms with van der Waals surface area (Å²) < 4.78 is 25.0. The quantitative estimate of drug-likeness (QED) is 0.428. The van der Waals surface area contributed by atoms with Crippen molar-refractivity contribution in [2.24, 2.45) is 5.92 Å². The molecule has 0 spiro atoms. The number of carbonyl (C=O) groups excluding carboxylic acids is 2. The van der Waals surface area contributed by atoms with E-state index >= 15 is 0 Å². The number of hydrogen-bond acceptors (Lipinski definition) is 2. The lowest BCUT2D eigenvalue weighted by Crippen LogP contribution is -2.33. The van der Waals surface area contributed by atoms with Crippen LogP contribution in [0.25, 0.3) is 0 Å². The second kappa shape index (κ2) is 2.68. The van der Waals surface area contributed by atoms with E-state index in [1.54, 1.807) is 0 Å². The number of ketones is 1. The van der Waals surface area contributed by atoms with Crippen LogP contribution in [0.2, 0.25) is 0 Å². The lowest BCUT2D eigenvalue weighted by molar-refractivity contribution is -0.139. The highest BCUT2D eigenvalue weighted by molar-refractivity contribution is 5.93. The van der Waals surface area contributed by atoms with Crippen LogP contribution in [0, 0.1) is 5.92 Å². The largest absolute Gasteiger partial charge is 0.303 e. The zero-order valence-corrected chi connectivity index (χ0v) is 5.85. The van der Waals surface area contributed by atoms with Crippen molar-refractivity contribution in [3.63, 3.8) is 0 Å². The molecule has 1 aliphatic rings. The van der Waals surface area contributed by atoms with Crippen molar-refractivity contribution in [1.82, 2.24) is 0 Å². The van der Waals surface area contributed by atoms with Crippen molar-refractivity contribution in [2.75, 3.05) is 0 Å². The number of Topliss-reactive ketones (excluding diaryl/α,β-unsaturated/α-hetero) is 1. The van der Waals surface area contributed by atoms with Gasteiger partial charge < -0.3 is 4.79 Å². The maximum Gasteiger partial charge on any atom is 0.249 e. The molecule has 0 aromatic rings. The van der Waals surface area contributed by atoms with Gasteiger partial charge in [-0.1, -0.05) is 0 Å². The van der Waals surface area contributed by atoms with Crippen molar-refractivity contribution in [1.29, 1.82) is 0 Å². The van der Waals surface area contributed by atoms with Crippen molar-refractivity contribution in [2.45, 2.75) is 25.2 Å². The molecule has 0 saturated heterocycles. The molecule has 4 heteroatoms. The van der Waals surface area contributed by atoms with Gasteiger partial charge in [-0.15, -0.1) is 0 Å². The second-order valence-corrected chi connectivity index (χ2v) is 2.77. The molecule has 0 aromatic heterocycles. The average Bonchev–Trinajstić information content (AvgIpc) is 1.94. The third kappa shape index (κ3) is 1.82. The summed E-state index contributed by atoms with van der Waals surface area (Å²) in [6, 6.07) is 0. The fourth-order valence-electron chi connectivity index (χ4n) is 1.15. The Balaban J connectivity index is 2.65. The third-order valence-electron chi connectivity index (χ3n) is 1.83. The summed E-state index contributed by atoms with van der Waals surface area (Å²) in [4.78, 5) is 20.9. The Morgan fingerprint density at radius 1 is 1.55 bits per heavy atom. The van der Waals surface area contributed by atoms with E-state index in [9.17, 15) is 18.4 Å². The van der Waals surface area contributed by atoms with Crippen LogP contribution in [0.5, 0.6) is 0 Å². The Kier molecular flexibility index (Phi) is 2.02. The zero-order chi connectivity index (χ0) is 8.48. The predicted octanol–water partition coefficient (Wildman–Crippen LogP) is 1.19. The molecule has 1 atom stereocenters. The standard InChI is InChI=1S/C7H8F2O2/c8-7(9)2-1-6(11)5(3-7)4-10/h4-5H,1-3H2/t5-/m0/s1. The Morgan fingerprint density at radius 2 is 2.18 bits per heavy atom. The van der Waals surface area contributed by atoms with E-state index in [0.717, 1.165) is 0 Å². The molecule has 0 radical (unpaired) electrons. The van der Waals surface area contributed by atoms with Crippen LogP contribution < -0.4 is 0 Å². The molecule has 1 rings (SSSR count). The molecular formula is C7H8F2O2. The highest BCUT2D eigenvalue weighted by Crippen LogP contribution is 2.33. The number of aldehydes is 1. The van der Waals surface area contributed by atoms with Crippen LogP contribution in [0.1, 0.15) is 19.3 Å². The molecule has 1 fully saturated rings. The average molecular weight is 162 g/mol. The molecule has 11 heavy (non-hydrogen) atoms. The van der Waals surface area contributed by atoms with Crippen LogP contribution in [-0.2, 0) is 9.59 Å². The van der Waals surface area contributed by atoms with Crippen LogP contribution in [0.15, 0.2) is 0 Å². The van der Waals surface area contributed by atoms with Gasteiger partial charge in [0, 0.05) is 19.3 Å². The Morgan fingerprint density at radius 3 is 2.64 bits per heavy atom. The number of hydrogen-bond donors (Lipinski definition) is 0. The Labute approximate surface area is 62.6 Å². The first-order valence-corrected chi connectivity index (χ1v) is 3.41. The molecule has 2 nitrogen and oxygen atoms in total. The van der Waals surface area contributed by atoms with Gasteiger partial charge in [-0.2, -0.15) is 0 Å². The summed E-state index contributed by atoms with van der Waals surface area (Å²) in [5.74, 6) is -4.25. The van der Waals surface area contributed by atoms with Crippen LogP contribution >= 0.6 is 0 Å². The van der Waals surface area contributed by atoms with E-state index in [1.807, 2.05) is 0 Å². The lowest BCUT2D eigenvalue weighted by Gasteiger charge is -2.24. The maximum absolute atomic E-state index is 12.5. The molecule has 0 aliphatic heterocycles. The first kappa shape index (κ1) is 8.30. The van der Waals surface area contributed by atoms with E-state index in [0.29, 0.717) is 6.29 Å². The van der Waals surface area contributed by atoms with Gasteiger partial charge >= 0.3 is 0 Å². The van der Waals surface area contributed by atoms with Crippen molar-refractivity contribution >= 4 is 12.1 Å². The van der Waals surface area contributed by atoms with E-state index in [1.165, 1.54) is 0 Å². The predicted molar refractivity (Wildman–Crippen MR) is 33.4 cm³/mol. The van der Waals surface area contributed by atoms with Gasteiger partial charge in [-0.3, -0.25) is 4.79 Å². The summed E-state index contributed by atoms with van der Waals surface area (Å²) in [5.41, 5.74) is 0. The minimum Gasteiger partial charge on any atom is -0.303 e. The summed E-state index contributed by atoms with van der Waals surface area (Å²) in [5, 5.41) is 0. The molecule has 0 heterocycles. The summed E-state index contributed by atoms with van der Waals surface area (Å²) >= 11 is 0. The first-order valence-electron chi connectivity index (χ1n) is 3.41. The Bertz CT molecular complexity index is 189. The monoisotopic (exact) mass is 162 g/mol. The van der Waals surface area contributed by atoms with Gasteiger partial charge in [-0.25, -0.2) is 8.78 Å². The fourth-order valence-corrected chi connectivity index (χ4v) is 1.15. The summed E-state index contributed by atoms with van der Waals surface area (Å²) in [6.45, 7) is 0. The molecule has 0 amide bonds. The molecular weight excluding hydrogens is 154 g/mol. The number of halogens is 2. The summed E-state index contributed by atoms with van der Waals surface area (Å²) in [7, 11) is 0. The number of carbonyl (C=O) groups is 2. The molecule has 0 aromatic carbocycles. The van der Waals surface area contributed by atoms with Crippen LogP contribution in [0.3, 0.4) is 0 Å². The zero-order valence-electron chi connectivity index (χ0n) is 5.85. The molecule has 0 N–H and O–H groups in total. The van der Waals surface area contributed by atoms with E-state index in [4.69, 9.17) is 0 Å². The molecule has 1 aliphatic carbocycles.